The van der Waals surface area contributed by atoms with Gasteiger partial charge < -0.3 is 28.5 Å². The predicted octanol–water partition coefficient (Wildman–Crippen LogP) is 0.870. The molecule has 1 aliphatic heterocycles. The van der Waals surface area contributed by atoms with Gasteiger partial charge in [-0.25, -0.2) is 0 Å². The second-order valence-electron chi connectivity index (χ2n) is 7.30. The zero-order chi connectivity index (χ0) is 15.4. The smallest absolute Gasteiger partial charge is 0.0914 e. The lowest BCUT2D eigenvalue weighted by Crippen LogP contribution is -3.00. The molecule has 0 radical (unpaired) electrons. The van der Waals surface area contributed by atoms with Crippen molar-refractivity contribution in [3.63, 3.8) is 0 Å². The van der Waals surface area contributed by atoms with E-state index in [-0.39, 0.29) is 24.0 Å². The highest BCUT2D eigenvalue weighted by Gasteiger charge is 2.34. The molecular weight excluding hydrogens is 395 g/mol. The molecule has 1 aliphatic carbocycles. The number of likely N-dealkylation sites (N-methyl/N-ethyl adjacent to an activating group) is 1. The third-order valence-electron chi connectivity index (χ3n) is 5.85. The predicted molar refractivity (Wildman–Crippen MR) is 93.7 cm³/mol. The van der Waals surface area contributed by atoms with Crippen LogP contribution in [0.2, 0.25) is 0 Å². The molecule has 128 valence electrons. The first-order valence-electron chi connectivity index (χ1n) is 9.01. The van der Waals surface area contributed by atoms with Crippen molar-refractivity contribution in [1.29, 1.82) is 0 Å². The number of hydrogen-bond acceptors (Lipinski definition) is 1. The van der Waals surface area contributed by atoms with Gasteiger partial charge in [0.15, 0.2) is 0 Å². The second kappa shape index (κ2) is 8.63. The maximum Gasteiger partial charge on any atom is 0.0914 e. The number of hydrogen-bond donors (Lipinski definition) is 0. The van der Waals surface area contributed by atoms with E-state index in [9.17, 15) is 0 Å². The van der Waals surface area contributed by atoms with Crippen LogP contribution in [-0.4, -0.2) is 49.2 Å². The van der Waals surface area contributed by atoms with Gasteiger partial charge in [-0.1, -0.05) is 42.5 Å². The highest BCUT2D eigenvalue weighted by molar-refractivity contribution is 5.22. The number of quaternary nitrogens is 1. The highest BCUT2D eigenvalue weighted by atomic mass is 127. The molecule has 1 aromatic rings. The van der Waals surface area contributed by atoms with E-state index >= 15 is 0 Å². The third kappa shape index (κ3) is 4.58. The maximum absolute atomic E-state index is 2.76. The Hall–Kier alpha value is -0.390. The number of nitrogens with zero attached hydrogens (tertiary/aromatic N) is 2. The molecule has 0 saturated carbocycles. The third-order valence-corrected chi connectivity index (χ3v) is 5.85. The zero-order valence-electron chi connectivity index (χ0n) is 14.6. The van der Waals surface area contributed by atoms with Crippen LogP contribution in [0.25, 0.3) is 0 Å². The van der Waals surface area contributed by atoms with Crippen molar-refractivity contribution in [2.45, 2.75) is 32.2 Å². The zero-order valence-corrected chi connectivity index (χ0v) is 16.8. The lowest BCUT2D eigenvalue weighted by Gasteiger charge is -2.46. The molecule has 0 amide bonds. The standard InChI is InChI=1S/C20H31N2.HI/c1-3-22(2)16-14-21(15-17-22)20(18-10-6-4-7-11-18)19-12-8-5-9-13-19;/h4,6-8,10-12,19-20H,3,5,9,13-17H2,1-2H3;1H/q+1;/p-1. The van der Waals surface area contributed by atoms with Crippen LogP contribution in [0.1, 0.15) is 37.8 Å². The SMILES string of the molecule is CC[N+]1(C)CCN(C(c2ccccc2)C2C=CCCC2)CC1.[I-]. The van der Waals surface area contributed by atoms with Crippen molar-refractivity contribution in [2.75, 3.05) is 39.8 Å². The first kappa shape index (κ1) is 18.9. The quantitative estimate of drug-likeness (QED) is 0.393. The van der Waals surface area contributed by atoms with E-state index in [0.29, 0.717) is 12.0 Å². The molecule has 2 nitrogen and oxygen atoms in total. The van der Waals surface area contributed by atoms with E-state index in [1.54, 1.807) is 0 Å². The molecule has 0 spiro atoms. The fraction of sp³-hybridized carbons (Fsp3) is 0.600. The number of halogens is 1. The monoisotopic (exact) mass is 426 g/mol. The summed E-state index contributed by atoms with van der Waals surface area (Å²) in [5, 5.41) is 0. The Labute approximate surface area is 159 Å². The Morgan fingerprint density at radius 2 is 1.87 bits per heavy atom. The molecule has 1 fully saturated rings. The fourth-order valence-corrected chi connectivity index (χ4v) is 4.04. The van der Waals surface area contributed by atoms with Crippen LogP contribution in [-0.2, 0) is 0 Å². The van der Waals surface area contributed by atoms with E-state index in [1.807, 2.05) is 0 Å². The summed E-state index contributed by atoms with van der Waals surface area (Å²) in [5.74, 6) is 0.689. The normalized spacial score (nSPS) is 25.6. The molecule has 1 aromatic carbocycles. The molecule has 0 aromatic heterocycles. The first-order valence-corrected chi connectivity index (χ1v) is 9.01. The van der Waals surface area contributed by atoms with E-state index < -0.39 is 0 Å². The molecule has 1 heterocycles. The summed E-state index contributed by atoms with van der Waals surface area (Å²) in [6.07, 6.45) is 8.85. The average Bonchev–Trinajstić information content (AvgIpc) is 2.59. The van der Waals surface area contributed by atoms with Crippen LogP contribution >= 0.6 is 0 Å². The lowest BCUT2D eigenvalue weighted by molar-refractivity contribution is -0.912. The van der Waals surface area contributed by atoms with E-state index in [2.05, 4.69) is 61.4 Å². The minimum atomic E-state index is 0. The van der Waals surface area contributed by atoms with Crippen molar-refractivity contribution in [2.24, 2.45) is 5.92 Å². The van der Waals surface area contributed by atoms with Crippen molar-refractivity contribution >= 4 is 0 Å². The highest BCUT2D eigenvalue weighted by Crippen LogP contribution is 2.36. The summed E-state index contributed by atoms with van der Waals surface area (Å²) in [5.41, 5.74) is 1.51. The molecule has 23 heavy (non-hydrogen) atoms. The molecule has 2 atom stereocenters. The summed E-state index contributed by atoms with van der Waals surface area (Å²) in [7, 11) is 2.41. The van der Waals surface area contributed by atoms with Gasteiger partial charge in [-0.3, -0.25) is 4.90 Å². The van der Waals surface area contributed by atoms with E-state index in [1.165, 1.54) is 62.0 Å². The van der Waals surface area contributed by atoms with Crippen LogP contribution in [0.3, 0.4) is 0 Å². The molecule has 3 rings (SSSR count). The van der Waals surface area contributed by atoms with Crippen molar-refractivity contribution < 1.29 is 28.5 Å². The Morgan fingerprint density at radius 3 is 2.43 bits per heavy atom. The second-order valence-corrected chi connectivity index (χ2v) is 7.30. The molecule has 0 N–H and O–H groups in total. The molecule has 3 heteroatoms. The Bertz CT molecular complexity index is 492. The fourth-order valence-electron chi connectivity index (χ4n) is 4.04. The van der Waals surface area contributed by atoms with Gasteiger partial charge in [-0.05, 0) is 37.7 Å². The summed E-state index contributed by atoms with van der Waals surface area (Å²) in [6, 6.07) is 11.8. The number of allylic oxidation sites excluding steroid dienone is 1. The molecular formula is C20H31IN2. The first-order chi connectivity index (χ1) is 10.7. The largest absolute Gasteiger partial charge is 1.00 e. The number of piperazine rings is 1. The summed E-state index contributed by atoms with van der Waals surface area (Å²) in [4.78, 5) is 2.76. The topological polar surface area (TPSA) is 3.24 Å². The van der Waals surface area contributed by atoms with Crippen LogP contribution in [0, 0.1) is 5.92 Å². The molecule has 2 unspecified atom stereocenters. The summed E-state index contributed by atoms with van der Waals surface area (Å²) in [6.45, 7) is 8.62. The Morgan fingerprint density at radius 1 is 1.17 bits per heavy atom. The van der Waals surface area contributed by atoms with E-state index in [0.717, 1.165) is 0 Å². The van der Waals surface area contributed by atoms with Crippen molar-refractivity contribution in [1.82, 2.24) is 4.90 Å². The van der Waals surface area contributed by atoms with Gasteiger partial charge >= 0.3 is 0 Å². The number of benzene rings is 1. The maximum atomic E-state index is 2.76. The van der Waals surface area contributed by atoms with Gasteiger partial charge in [0, 0.05) is 19.1 Å². The molecule has 0 bridgehead atoms. The summed E-state index contributed by atoms with van der Waals surface area (Å²) < 4.78 is 1.23. The van der Waals surface area contributed by atoms with E-state index in [4.69, 9.17) is 0 Å². The molecule has 1 saturated heterocycles. The minimum absolute atomic E-state index is 0. The Balaban J connectivity index is 0.00000192. The van der Waals surface area contributed by atoms with Crippen LogP contribution in [0.15, 0.2) is 42.5 Å². The van der Waals surface area contributed by atoms with Gasteiger partial charge in [0.05, 0.1) is 26.7 Å². The van der Waals surface area contributed by atoms with Gasteiger partial charge in [0.1, 0.15) is 0 Å². The van der Waals surface area contributed by atoms with Crippen LogP contribution in [0.4, 0.5) is 0 Å². The molecule has 2 aliphatic rings. The Kier molecular flexibility index (Phi) is 7.11. The van der Waals surface area contributed by atoms with Crippen molar-refractivity contribution in [3.8, 4) is 0 Å². The summed E-state index contributed by atoms with van der Waals surface area (Å²) >= 11 is 0. The minimum Gasteiger partial charge on any atom is -1.00 e. The van der Waals surface area contributed by atoms with Crippen molar-refractivity contribution in [3.05, 3.63) is 48.0 Å². The van der Waals surface area contributed by atoms with Gasteiger partial charge in [0.25, 0.3) is 0 Å². The van der Waals surface area contributed by atoms with Crippen LogP contribution < -0.4 is 24.0 Å². The average molecular weight is 426 g/mol. The van der Waals surface area contributed by atoms with Gasteiger partial charge in [-0.2, -0.15) is 0 Å². The van der Waals surface area contributed by atoms with Gasteiger partial charge in [0.2, 0.25) is 0 Å². The number of rotatable bonds is 4. The lowest BCUT2D eigenvalue weighted by atomic mass is 9.84. The van der Waals surface area contributed by atoms with Crippen LogP contribution in [0.5, 0.6) is 0 Å². The van der Waals surface area contributed by atoms with Gasteiger partial charge in [-0.15, -0.1) is 0 Å².